The molecule has 3 rings (SSSR count). The molecule has 0 saturated heterocycles. The molecule has 1 aromatic heterocycles. The predicted octanol–water partition coefficient (Wildman–Crippen LogP) is 2.02. The van der Waals surface area contributed by atoms with Crippen molar-refractivity contribution >= 4 is 25.5 Å². The maximum atomic E-state index is 5.73. The second-order valence-electron chi connectivity index (χ2n) is 3.36. The maximum absolute atomic E-state index is 5.73. The Balaban J connectivity index is 2.15. The average molecular weight is 219 g/mol. The van der Waals surface area contributed by atoms with Gasteiger partial charge in [-0.2, -0.15) is 0 Å². The number of ether oxygens (including phenoxy) is 1. The van der Waals surface area contributed by atoms with Crippen molar-refractivity contribution in [1.82, 2.24) is 5.32 Å². The minimum atomic E-state index is -0.204. The Morgan fingerprint density at radius 3 is 2.87 bits per heavy atom. The molecular weight excluding hydrogens is 209 g/mol. The van der Waals surface area contributed by atoms with Gasteiger partial charge in [0.1, 0.15) is 11.8 Å². The van der Waals surface area contributed by atoms with Gasteiger partial charge in [-0.15, -0.1) is 9.24 Å². The lowest BCUT2D eigenvalue weighted by molar-refractivity contribution is 0.133. The Morgan fingerprint density at radius 1 is 1.27 bits per heavy atom. The van der Waals surface area contributed by atoms with Gasteiger partial charge in [-0.05, 0) is 6.07 Å². The Kier molecular flexibility index (Phi) is 1.93. The number of hydrogen-bond donors (Lipinski definition) is 1. The molecule has 0 saturated carbocycles. The first kappa shape index (κ1) is 8.81. The summed E-state index contributed by atoms with van der Waals surface area (Å²) >= 11 is 0. The molecule has 0 amide bonds. The van der Waals surface area contributed by atoms with Crippen molar-refractivity contribution in [2.75, 3.05) is 0 Å². The van der Waals surface area contributed by atoms with Gasteiger partial charge in [0.05, 0.1) is 0 Å². The van der Waals surface area contributed by atoms with Gasteiger partial charge >= 0.3 is 0 Å². The molecule has 0 aliphatic carbocycles. The molecule has 4 heteroatoms. The van der Waals surface area contributed by atoms with E-state index < -0.39 is 0 Å². The molecule has 2 unspecified atom stereocenters. The molecule has 0 spiro atoms. The first-order valence-corrected chi connectivity index (χ1v) is 5.27. The minimum Gasteiger partial charge on any atom is -0.469 e. The van der Waals surface area contributed by atoms with E-state index in [0.717, 1.165) is 22.0 Å². The summed E-state index contributed by atoms with van der Waals surface area (Å²) in [5.41, 5.74) is 0.884. The lowest BCUT2D eigenvalue weighted by atomic mass is 10.2. The monoisotopic (exact) mass is 219 g/mol. The quantitative estimate of drug-likeness (QED) is 0.745. The second kappa shape index (κ2) is 3.28. The molecule has 1 aromatic carbocycles. The van der Waals surface area contributed by atoms with Crippen LogP contribution < -0.4 is 10.6 Å². The Morgan fingerprint density at radius 2 is 2.13 bits per heavy atom. The van der Waals surface area contributed by atoms with E-state index in [2.05, 4.69) is 14.6 Å². The van der Waals surface area contributed by atoms with E-state index in [1.165, 1.54) is 0 Å². The number of hydrogen-bond acceptors (Lipinski definition) is 3. The molecule has 76 valence electrons. The van der Waals surface area contributed by atoms with Crippen LogP contribution in [0.1, 0.15) is 12.0 Å². The van der Waals surface area contributed by atoms with Gasteiger partial charge in [0, 0.05) is 16.9 Å². The summed E-state index contributed by atoms with van der Waals surface area (Å²) in [4.78, 5) is 0. The molecule has 0 bridgehead atoms. The summed E-state index contributed by atoms with van der Waals surface area (Å²) in [6.45, 7) is 0. The van der Waals surface area contributed by atoms with Crippen LogP contribution in [0.4, 0.5) is 0 Å². The highest BCUT2D eigenvalue weighted by Crippen LogP contribution is 2.26. The number of rotatable bonds is 1. The third-order valence-corrected chi connectivity index (χ3v) is 3.03. The van der Waals surface area contributed by atoms with Crippen molar-refractivity contribution in [2.24, 2.45) is 0 Å². The van der Waals surface area contributed by atoms with Crippen molar-refractivity contribution in [3.8, 4) is 0 Å². The van der Waals surface area contributed by atoms with Gasteiger partial charge in [-0.1, -0.05) is 18.2 Å². The van der Waals surface area contributed by atoms with Crippen LogP contribution in [0.2, 0.25) is 0 Å². The first-order valence-electron chi connectivity index (χ1n) is 4.70. The highest BCUT2D eigenvalue weighted by molar-refractivity contribution is 7.28. The van der Waals surface area contributed by atoms with Crippen LogP contribution in [0.5, 0.6) is 0 Å². The largest absolute Gasteiger partial charge is 0.469 e. The Hall–Kier alpha value is -1.47. The molecule has 15 heavy (non-hydrogen) atoms. The van der Waals surface area contributed by atoms with Crippen LogP contribution in [0.25, 0.3) is 11.0 Å². The zero-order valence-electron chi connectivity index (χ0n) is 7.94. The molecule has 2 heterocycles. The molecule has 3 nitrogen and oxygen atoms in total. The van der Waals surface area contributed by atoms with Crippen molar-refractivity contribution in [1.29, 1.82) is 0 Å². The number of fused-ring (bicyclic) bond motifs is 1. The summed E-state index contributed by atoms with van der Waals surface area (Å²) < 4.78 is 11.1. The standard InChI is InChI=1S/C11H10NO2P/c15-10-7-3-1-2-4-8(7)14-9(10)11-12-5-6-13-11/h1-6,11-12H,15H2. The second-order valence-corrected chi connectivity index (χ2v) is 3.94. The van der Waals surface area contributed by atoms with E-state index >= 15 is 0 Å². The van der Waals surface area contributed by atoms with E-state index in [4.69, 9.17) is 9.15 Å². The van der Waals surface area contributed by atoms with Gasteiger partial charge in [0.25, 0.3) is 0 Å². The van der Waals surface area contributed by atoms with Crippen LogP contribution >= 0.6 is 9.24 Å². The first-order chi connectivity index (χ1) is 7.36. The van der Waals surface area contributed by atoms with Crippen LogP contribution in [-0.2, 0) is 4.74 Å². The van der Waals surface area contributed by atoms with Crippen LogP contribution in [-0.4, -0.2) is 0 Å². The number of furan rings is 1. The normalized spacial score (nSPS) is 19.1. The fourth-order valence-corrected chi connectivity index (χ4v) is 2.15. The molecule has 2 aromatic rings. The number of benzene rings is 1. The van der Waals surface area contributed by atoms with Gasteiger partial charge in [0.15, 0.2) is 5.76 Å². The molecule has 0 radical (unpaired) electrons. The van der Waals surface area contributed by atoms with Gasteiger partial charge in [-0.3, -0.25) is 0 Å². The lowest BCUT2D eigenvalue weighted by Gasteiger charge is -2.08. The molecule has 0 fully saturated rings. The predicted molar refractivity (Wildman–Crippen MR) is 61.7 cm³/mol. The fraction of sp³-hybridized carbons (Fsp3) is 0.0909. The average Bonchev–Trinajstić information content (AvgIpc) is 2.87. The smallest absolute Gasteiger partial charge is 0.228 e. The summed E-state index contributed by atoms with van der Waals surface area (Å²) in [5.74, 6) is 0.811. The third-order valence-electron chi connectivity index (χ3n) is 2.43. The van der Waals surface area contributed by atoms with Crippen molar-refractivity contribution in [3.05, 3.63) is 42.5 Å². The van der Waals surface area contributed by atoms with Crippen molar-refractivity contribution < 1.29 is 9.15 Å². The van der Waals surface area contributed by atoms with Crippen LogP contribution in [0, 0.1) is 0 Å². The molecule has 1 aliphatic heterocycles. The van der Waals surface area contributed by atoms with E-state index in [0.29, 0.717) is 0 Å². The Labute approximate surface area is 89.3 Å². The van der Waals surface area contributed by atoms with Gasteiger partial charge < -0.3 is 14.5 Å². The Bertz CT molecular complexity index is 524. The highest BCUT2D eigenvalue weighted by atomic mass is 31.0. The summed E-state index contributed by atoms with van der Waals surface area (Å²) in [5, 5.41) is 5.22. The molecule has 1 N–H and O–H groups in total. The van der Waals surface area contributed by atoms with E-state index in [-0.39, 0.29) is 6.23 Å². The number of nitrogens with one attached hydrogen (secondary N) is 1. The molecule has 2 atom stereocenters. The van der Waals surface area contributed by atoms with E-state index in [1.54, 1.807) is 12.5 Å². The zero-order valence-corrected chi connectivity index (χ0v) is 9.09. The lowest BCUT2D eigenvalue weighted by Crippen LogP contribution is -2.15. The van der Waals surface area contributed by atoms with Crippen LogP contribution in [0.15, 0.2) is 41.1 Å². The van der Waals surface area contributed by atoms with E-state index in [1.807, 2.05) is 24.3 Å². The SMILES string of the molecule is Pc1c(C2NC=CO2)oc2ccccc12. The summed E-state index contributed by atoms with van der Waals surface area (Å²) in [6, 6.07) is 7.94. The molecular formula is C11H10NO2P. The summed E-state index contributed by atoms with van der Waals surface area (Å²) in [7, 11) is 2.70. The summed E-state index contributed by atoms with van der Waals surface area (Å²) in [6.07, 6.45) is 3.19. The van der Waals surface area contributed by atoms with E-state index in [9.17, 15) is 0 Å². The van der Waals surface area contributed by atoms with Crippen molar-refractivity contribution in [3.63, 3.8) is 0 Å². The third kappa shape index (κ3) is 1.31. The van der Waals surface area contributed by atoms with Gasteiger partial charge in [0.2, 0.25) is 6.23 Å². The fourth-order valence-electron chi connectivity index (χ4n) is 1.70. The number of para-hydroxylation sites is 1. The maximum Gasteiger partial charge on any atom is 0.228 e. The molecule has 1 aliphatic rings. The highest BCUT2D eigenvalue weighted by Gasteiger charge is 2.21. The zero-order chi connectivity index (χ0) is 10.3. The minimum absolute atomic E-state index is 0.204. The van der Waals surface area contributed by atoms with Crippen molar-refractivity contribution in [2.45, 2.75) is 6.23 Å². The topological polar surface area (TPSA) is 34.4 Å². The van der Waals surface area contributed by atoms with Gasteiger partial charge in [-0.25, -0.2) is 0 Å². The van der Waals surface area contributed by atoms with Crippen LogP contribution in [0.3, 0.4) is 0 Å².